The Bertz CT molecular complexity index is 906. The van der Waals surface area contributed by atoms with Crippen LogP contribution in [0.1, 0.15) is 49.7 Å². The second-order valence-corrected chi connectivity index (χ2v) is 8.99. The van der Waals surface area contributed by atoms with Gasteiger partial charge in [-0.2, -0.15) is 0 Å². The maximum Gasteiger partial charge on any atom is 0.251 e. The summed E-state index contributed by atoms with van der Waals surface area (Å²) in [4.78, 5) is 12.9. The highest BCUT2D eigenvalue weighted by atomic mass is 32.2. The fraction of sp³-hybridized carbons (Fsp3) is 0.381. The van der Waals surface area contributed by atoms with E-state index in [1.165, 1.54) is 12.1 Å². The molecular weight excluding hydrogens is 376 g/mol. The van der Waals surface area contributed by atoms with Crippen LogP contribution in [0.15, 0.2) is 53.4 Å². The number of benzene rings is 2. The molecule has 2 aromatic rings. The summed E-state index contributed by atoms with van der Waals surface area (Å²) in [6.07, 6.45) is 0. The van der Waals surface area contributed by atoms with Crippen molar-refractivity contribution in [1.29, 1.82) is 0 Å². The Kier molecular flexibility index (Phi) is 7.21. The van der Waals surface area contributed by atoms with Gasteiger partial charge in [0.1, 0.15) is 5.75 Å². The standard InChI is InChI=1S/C21H28N2O4S/c1-14(2)20(16-9-11-18(27-5)12-10-16)22-21(24)17-7-6-8-19(13-17)28(25,26)23-15(3)4/h6-15,20,23H,1-5H3,(H,22,24). The van der Waals surface area contributed by atoms with Crippen LogP contribution in [-0.4, -0.2) is 27.5 Å². The number of hydrogen-bond acceptors (Lipinski definition) is 4. The fourth-order valence-corrected chi connectivity index (χ4v) is 4.15. The zero-order valence-corrected chi connectivity index (χ0v) is 17.7. The molecule has 0 saturated heterocycles. The lowest BCUT2D eigenvalue weighted by atomic mass is 9.95. The van der Waals surface area contributed by atoms with E-state index in [0.717, 1.165) is 11.3 Å². The van der Waals surface area contributed by atoms with E-state index in [9.17, 15) is 13.2 Å². The summed E-state index contributed by atoms with van der Waals surface area (Å²) in [6, 6.07) is 13.1. The summed E-state index contributed by atoms with van der Waals surface area (Å²) in [5.41, 5.74) is 1.25. The molecule has 0 spiro atoms. The smallest absolute Gasteiger partial charge is 0.251 e. The van der Waals surface area contributed by atoms with Crippen molar-refractivity contribution in [2.45, 2.75) is 44.7 Å². The highest BCUT2D eigenvalue weighted by Crippen LogP contribution is 2.24. The van der Waals surface area contributed by atoms with Gasteiger partial charge < -0.3 is 10.1 Å². The SMILES string of the molecule is COc1ccc(C(NC(=O)c2cccc(S(=O)(=O)NC(C)C)c2)C(C)C)cc1. The van der Waals surface area contributed by atoms with Crippen molar-refractivity contribution in [3.63, 3.8) is 0 Å². The third-order valence-electron chi connectivity index (χ3n) is 4.23. The lowest BCUT2D eigenvalue weighted by Crippen LogP contribution is -2.32. The van der Waals surface area contributed by atoms with E-state index < -0.39 is 10.0 Å². The van der Waals surface area contributed by atoms with Crippen molar-refractivity contribution in [2.24, 2.45) is 5.92 Å². The van der Waals surface area contributed by atoms with Gasteiger partial charge in [0.15, 0.2) is 0 Å². The van der Waals surface area contributed by atoms with Crippen LogP contribution in [0.25, 0.3) is 0 Å². The lowest BCUT2D eigenvalue weighted by Gasteiger charge is -2.23. The molecule has 0 saturated carbocycles. The van der Waals surface area contributed by atoms with Gasteiger partial charge in [-0.15, -0.1) is 0 Å². The minimum Gasteiger partial charge on any atom is -0.497 e. The Morgan fingerprint density at radius 3 is 2.18 bits per heavy atom. The Hall–Kier alpha value is -2.38. The number of rotatable bonds is 8. The second-order valence-electron chi connectivity index (χ2n) is 7.27. The van der Waals surface area contributed by atoms with Gasteiger partial charge in [-0.05, 0) is 55.7 Å². The third kappa shape index (κ3) is 5.56. The highest BCUT2D eigenvalue weighted by Gasteiger charge is 2.21. The number of hydrogen-bond donors (Lipinski definition) is 2. The Labute approximate surface area is 167 Å². The van der Waals surface area contributed by atoms with Crippen molar-refractivity contribution in [2.75, 3.05) is 7.11 Å². The molecule has 0 fully saturated rings. The molecule has 1 unspecified atom stereocenters. The first kappa shape index (κ1) is 21.9. The van der Waals surface area contributed by atoms with Gasteiger partial charge in [-0.25, -0.2) is 13.1 Å². The predicted molar refractivity (Wildman–Crippen MR) is 110 cm³/mol. The molecule has 6 nitrogen and oxygen atoms in total. The zero-order chi connectivity index (χ0) is 20.9. The second kappa shape index (κ2) is 9.21. The first-order chi connectivity index (χ1) is 13.1. The molecule has 2 N–H and O–H groups in total. The van der Waals surface area contributed by atoms with Gasteiger partial charge >= 0.3 is 0 Å². The molecule has 2 aromatic carbocycles. The topological polar surface area (TPSA) is 84.5 Å². The van der Waals surface area contributed by atoms with Crippen LogP contribution in [0.3, 0.4) is 0 Å². The van der Waals surface area contributed by atoms with Crippen molar-refractivity contribution < 1.29 is 17.9 Å². The Morgan fingerprint density at radius 1 is 1.00 bits per heavy atom. The summed E-state index contributed by atoms with van der Waals surface area (Å²) >= 11 is 0. The Morgan fingerprint density at radius 2 is 1.64 bits per heavy atom. The van der Waals surface area contributed by atoms with Gasteiger partial charge in [0, 0.05) is 11.6 Å². The maximum atomic E-state index is 12.8. The number of ether oxygens (including phenoxy) is 1. The van der Waals surface area contributed by atoms with Gasteiger partial charge in [0.25, 0.3) is 5.91 Å². The van der Waals surface area contributed by atoms with Crippen molar-refractivity contribution in [3.05, 3.63) is 59.7 Å². The summed E-state index contributed by atoms with van der Waals surface area (Å²) in [5.74, 6) is 0.566. The van der Waals surface area contributed by atoms with E-state index in [2.05, 4.69) is 10.0 Å². The van der Waals surface area contributed by atoms with E-state index >= 15 is 0 Å². The fourth-order valence-electron chi connectivity index (χ4n) is 2.85. The van der Waals surface area contributed by atoms with Crippen molar-refractivity contribution in [3.8, 4) is 5.75 Å². The third-order valence-corrected chi connectivity index (χ3v) is 5.88. The van der Waals surface area contributed by atoms with Gasteiger partial charge in [0.05, 0.1) is 18.0 Å². The molecule has 0 bridgehead atoms. The number of sulfonamides is 1. The number of amides is 1. The number of carbonyl (C=O) groups excluding carboxylic acids is 1. The molecule has 0 aromatic heterocycles. The van der Waals surface area contributed by atoms with Crippen LogP contribution in [0.4, 0.5) is 0 Å². The van der Waals surface area contributed by atoms with Crippen LogP contribution < -0.4 is 14.8 Å². The van der Waals surface area contributed by atoms with E-state index in [1.54, 1.807) is 33.1 Å². The van der Waals surface area contributed by atoms with E-state index in [0.29, 0.717) is 5.56 Å². The van der Waals surface area contributed by atoms with Crippen molar-refractivity contribution in [1.82, 2.24) is 10.0 Å². The monoisotopic (exact) mass is 404 g/mol. The van der Waals surface area contributed by atoms with Gasteiger partial charge in [-0.1, -0.05) is 32.0 Å². The number of methoxy groups -OCH3 is 1. The van der Waals surface area contributed by atoms with Gasteiger partial charge in [-0.3, -0.25) is 4.79 Å². The summed E-state index contributed by atoms with van der Waals surface area (Å²) in [5, 5.41) is 3.01. The summed E-state index contributed by atoms with van der Waals surface area (Å²) < 4.78 is 32.5. The molecule has 0 aliphatic heterocycles. The number of nitrogens with one attached hydrogen (secondary N) is 2. The first-order valence-corrected chi connectivity index (χ1v) is 10.7. The molecule has 28 heavy (non-hydrogen) atoms. The first-order valence-electron chi connectivity index (χ1n) is 9.21. The molecular formula is C21H28N2O4S. The van der Waals surface area contributed by atoms with Crippen molar-refractivity contribution >= 4 is 15.9 Å². The molecule has 0 aliphatic rings. The molecule has 7 heteroatoms. The lowest BCUT2D eigenvalue weighted by molar-refractivity contribution is 0.0925. The minimum atomic E-state index is -3.66. The molecule has 1 atom stereocenters. The van der Waals surface area contributed by atoms with E-state index in [4.69, 9.17) is 4.74 Å². The maximum absolute atomic E-state index is 12.8. The molecule has 0 radical (unpaired) electrons. The minimum absolute atomic E-state index is 0.0689. The molecule has 0 heterocycles. The van der Waals surface area contributed by atoms with Crippen LogP contribution in [-0.2, 0) is 10.0 Å². The zero-order valence-electron chi connectivity index (χ0n) is 16.9. The quantitative estimate of drug-likeness (QED) is 0.705. The van der Waals surface area contributed by atoms with Crippen LogP contribution in [0, 0.1) is 5.92 Å². The largest absolute Gasteiger partial charge is 0.497 e. The number of carbonyl (C=O) groups is 1. The molecule has 2 rings (SSSR count). The normalized spacial score (nSPS) is 12.8. The molecule has 152 valence electrons. The molecule has 0 aliphatic carbocycles. The van der Waals surface area contributed by atoms with Gasteiger partial charge in [0.2, 0.25) is 10.0 Å². The summed E-state index contributed by atoms with van der Waals surface area (Å²) in [7, 11) is -2.06. The van der Waals surface area contributed by atoms with E-state index in [1.807, 2.05) is 38.1 Å². The van der Waals surface area contributed by atoms with Crippen LogP contribution in [0.2, 0.25) is 0 Å². The van der Waals surface area contributed by atoms with E-state index in [-0.39, 0.29) is 28.8 Å². The average molecular weight is 405 g/mol. The predicted octanol–water partition coefficient (Wildman–Crippen LogP) is 3.51. The van der Waals surface area contributed by atoms with Crippen LogP contribution in [0.5, 0.6) is 5.75 Å². The average Bonchev–Trinajstić information content (AvgIpc) is 2.65. The molecule has 1 amide bonds. The van der Waals surface area contributed by atoms with Crippen LogP contribution >= 0.6 is 0 Å². The Balaban J connectivity index is 2.25. The summed E-state index contributed by atoms with van der Waals surface area (Å²) in [6.45, 7) is 7.53. The highest BCUT2D eigenvalue weighted by molar-refractivity contribution is 7.89.